The number of likely N-dealkylation sites (N-methyl/N-ethyl adjacent to an activating group) is 1. The average molecular weight is 762 g/mol. The Labute approximate surface area is 321 Å². The number of aliphatic hydroxyl groups excluding tert-OH is 1. The highest BCUT2D eigenvalue weighted by Crippen LogP contribution is 2.38. The summed E-state index contributed by atoms with van der Waals surface area (Å²) in [5, 5.41) is 10.2. The van der Waals surface area contributed by atoms with Crippen molar-refractivity contribution >= 4 is 13.8 Å². The summed E-state index contributed by atoms with van der Waals surface area (Å²) in [4.78, 5) is 25.0. The van der Waals surface area contributed by atoms with Gasteiger partial charge in [0.05, 0.1) is 40.5 Å². The molecule has 0 aromatic carbocycles. The first-order chi connectivity index (χ1) is 25.0. The van der Waals surface area contributed by atoms with Gasteiger partial charge in [-0.25, -0.2) is 0 Å². The van der Waals surface area contributed by atoms with Crippen LogP contribution >= 0.6 is 7.82 Å². The number of esters is 1. The van der Waals surface area contributed by atoms with Crippen LogP contribution in [0.4, 0.5) is 0 Å². The zero-order chi connectivity index (χ0) is 38.6. The molecule has 0 rings (SSSR count). The fraction of sp³-hybridized carbons (Fsp3) is 0.929. The van der Waals surface area contributed by atoms with E-state index in [1.807, 2.05) is 21.1 Å². The van der Waals surface area contributed by atoms with Crippen molar-refractivity contribution in [3.8, 4) is 0 Å². The predicted octanol–water partition coefficient (Wildman–Crippen LogP) is 10.6. The molecular weight excluding hydrogens is 677 g/mol. The van der Waals surface area contributed by atoms with Crippen molar-refractivity contribution in [2.45, 2.75) is 199 Å². The second-order valence-corrected chi connectivity index (χ2v) is 17.3. The van der Waals surface area contributed by atoms with Crippen molar-refractivity contribution in [2.24, 2.45) is 0 Å². The molecule has 0 aliphatic rings. The lowest BCUT2D eigenvalue weighted by Gasteiger charge is -2.28. The molecule has 0 heterocycles. The fourth-order valence-electron chi connectivity index (χ4n) is 5.97. The summed E-state index contributed by atoms with van der Waals surface area (Å²) in [7, 11) is 1.32. The van der Waals surface area contributed by atoms with E-state index in [-0.39, 0.29) is 38.3 Å². The Morgan fingerprint density at radius 3 is 1.77 bits per heavy atom. The average Bonchev–Trinajstić information content (AvgIpc) is 3.08. The minimum atomic E-state index is -4.54. The van der Waals surface area contributed by atoms with Crippen LogP contribution in [0.1, 0.15) is 187 Å². The Balaban J connectivity index is 4.29. The monoisotopic (exact) mass is 762 g/mol. The van der Waals surface area contributed by atoms with Crippen LogP contribution in [-0.4, -0.2) is 81.9 Å². The summed E-state index contributed by atoms with van der Waals surface area (Å²) < 4.78 is 34.5. The number of aliphatic hydroxyl groups is 1. The number of phosphoric ester groups is 1. The van der Waals surface area contributed by atoms with Crippen molar-refractivity contribution in [3.05, 3.63) is 12.2 Å². The molecule has 3 atom stereocenters. The topological polar surface area (TPSA) is 114 Å². The van der Waals surface area contributed by atoms with E-state index in [1.165, 1.54) is 96.3 Å². The first-order valence-electron chi connectivity index (χ1n) is 21.5. The zero-order valence-electron chi connectivity index (χ0n) is 34.6. The van der Waals surface area contributed by atoms with E-state index in [0.717, 1.165) is 64.2 Å². The minimum Gasteiger partial charge on any atom is -0.756 e. The number of unbranched alkanes of at least 4 members (excludes halogenated alkanes) is 21. The van der Waals surface area contributed by atoms with E-state index < -0.39 is 13.9 Å². The number of ether oxygens (including phenoxy) is 2. The van der Waals surface area contributed by atoms with Crippen LogP contribution < -0.4 is 4.89 Å². The van der Waals surface area contributed by atoms with Crippen LogP contribution in [0.3, 0.4) is 0 Å². The van der Waals surface area contributed by atoms with Gasteiger partial charge in [-0.05, 0) is 38.5 Å². The molecular formula is C42H84NO8P. The van der Waals surface area contributed by atoms with Gasteiger partial charge in [-0.1, -0.05) is 154 Å². The second kappa shape index (κ2) is 35.9. The van der Waals surface area contributed by atoms with E-state index in [1.54, 1.807) is 0 Å². The number of rotatable bonds is 40. The first-order valence-corrected chi connectivity index (χ1v) is 23.0. The number of nitrogens with zero attached hydrogens (tertiary/aromatic N) is 1. The van der Waals surface area contributed by atoms with Crippen LogP contribution in [0.15, 0.2) is 12.2 Å². The molecule has 0 aliphatic heterocycles. The molecule has 0 amide bonds. The third-order valence-corrected chi connectivity index (χ3v) is 10.4. The van der Waals surface area contributed by atoms with E-state index in [2.05, 4.69) is 26.0 Å². The van der Waals surface area contributed by atoms with Gasteiger partial charge >= 0.3 is 5.97 Å². The third kappa shape index (κ3) is 38.9. The number of carbonyl (C=O) groups is 1. The number of carbonyl (C=O) groups excluding carboxylic acids is 1. The number of allylic oxidation sites excluding steroid dienone is 1. The lowest BCUT2D eigenvalue weighted by atomic mass is 10.0. The zero-order valence-corrected chi connectivity index (χ0v) is 35.5. The van der Waals surface area contributed by atoms with Crippen LogP contribution in [0, 0.1) is 0 Å². The third-order valence-electron chi connectivity index (χ3n) is 9.39. The molecule has 0 saturated carbocycles. The van der Waals surface area contributed by atoms with Gasteiger partial charge in [-0.3, -0.25) is 9.36 Å². The molecule has 310 valence electrons. The molecule has 0 aromatic rings. The second-order valence-electron chi connectivity index (χ2n) is 15.9. The van der Waals surface area contributed by atoms with Gasteiger partial charge in [0.2, 0.25) is 0 Å². The summed E-state index contributed by atoms with van der Waals surface area (Å²) >= 11 is 0. The molecule has 1 N–H and O–H groups in total. The standard InChI is InChI=1S/C42H84NO8P/c1-6-8-10-12-14-15-16-17-18-19-20-23-27-31-36-48-38-41(39-50-52(46,47)49-37-35-43(3,4)5)51-42(45)34-30-26-22-21-25-29-33-40(44)32-28-24-13-11-9-7-2/h24,28,40-41,44H,6-23,25-27,29-39H2,1-5H3/b28-24+. The SMILES string of the molecule is CCCCC/C=C/CC(O)CCCCCCCCC(=O)OC(COCCCCCCCCCCCCCCCC)COP(=O)([O-])OCC[N+](C)(C)C. The highest BCUT2D eigenvalue weighted by molar-refractivity contribution is 7.45. The van der Waals surface area contributed by atoms with Crippen molar-refractivity contribution in [2.75, 3.05) is 54.1 Å². The number of hydrogen-bond acceptors (Lipinski definition) is 8. The Morgan fingerprint density at radius 1 is 0.673 bits per heavy atom. The number of hydrogen-bond donors (Lipinski definition) is 1. The van der Waals surface area contributed by atoms with Crippen LogP contribution in [0.25, 0.3) is 0 Å². The summed E-state index contributed by atoms with van der Waals surface area (Å²) in [5.74, 6) is -0.369. The van der Waals surface area contributed by atoms with E-state index in [9.17, 15) is 19.4 Å². The summed E-state index contributed by atoms with van der Waals surface area (Å²) in [6.45, 7) is 5.29. The van der Waals surface area contributed by atoms with E-state index >= 15 is 0 Å². The Morgan fingerprint density at radius 2 is 1.19 bits per heavy atom. The summed E-state index contributed by atoms with van der Waals surface area (Å²) in [6, 6.07) is 0. The van der Waals surface area contributed by atoms with Crippen LogP contribution in [0.5, 0.6) is 0 Å². The highest BCUT2D eigenvalue weighted by atomic mass is 31.2. The molecule has 3 unspecified atom stereocenters. The van der Waals surface area contributed by atoms with Crippen LogP contribution in [-0.2, 0) is 27.9 Å². The number of quaternary nitrogens is 1. The molecule has 0 radical (unpaired) electrons. The normalized spacial score (nSPS) is 14.5. The Hall–Kier alpha value is -0.800. The summed E-state index contributed by atoms with van der Waals surface area (Å²) in [6.07, 6.45) is 33.7. The lowest BCUT2D eigenvalue weighted by Crippen LogP contribution is -2.37. The van der Waals surface area contributed by atoms with E-state index in [4.69, 9.17) is 18.5 Å². The lowest BCUT2D eigenvalue weighted by molar-refractivity contribution is -0.870. The van der Waals surface area contributed by atoms with Gasteiger partial charge in [0, 0.05) is 13.0 Å². The quantitative estimate of drug-likeness (QED) is 0.0216. The fourth-order valence-corrected chi connectivity index (χ4v) is 6.70. The first kappa shape index (κ1) is 51.2. The highest BCUT2D eigenvalue weighted by Gasteiger charge is 2.20. The molecule has 0 fully saturated rings. The van der Waals surface area contributed by atoms with Crippen molar-refractivity contribution in [1.82, 2.24) is 0 Å². The molecule has 0 aromatic heterocycles. The summed E-state index contributed by atoms with van der Waals surface area (Å²) in [5.41, 5.74) is 0. The van der Waals surface area contributed by atoms with Crippen molar-refractivity contribution in [3.63, 3.8) is 0 Å². The van der Waals surface area contributed by atoms with Gasteiger partial charge in [0.1, 0.15) is 19.3 Å². The van der Waals surface area contributed by atoms with Gasteiger partial charge in [-0.2, -0.15) is 0 Å². The minimum absolute atomic E-state index is 0.0154. The molecule has 10 heteroatoms. The maximum absolute atomic E-state index is 12.7. The molecule has 0 aliphatic carbocycles. The Bertz CT molecular complexity index is 865. The molecule has 52 heavy (non-hydrogen) atoms. The maximum Gasteiger partial charge on any atom is 0.306 e. The smallest absolute Gasteiger partial charge is 0.306 e. The van der Waals surface area contributed by atoms with Gasteiger partial charge in [-0.15, -0.1) is 0 Å². The maximum atomic E-state index is 12.7. The predicted molar refractivity (Wildman–Crippen MR) is 214 cm³/mol. The van der Waals surface area contributed by atoms with E-state index in [0.29, 0.717) is 24.1 Å². The number of phosphoric acid groups is 1. The largest absolute Gasteiger partial charge is 0.756 e. The molecule has 0 spiro atoms. The van der Waals surface area contributed by atoms with Crippen LogP contribution in [0.2, 0.25) is 0 Å². The molecule has 9 nitrogen and oxygen atoms in total. The molecule has 0 saturated heterocycles. The Kier molecular flexibility index (Phi) is 35.3. The van der Waals surface area contributed by atoms with Crippen molar-refractivity contribution in [1.29, 1.82) is 0 Å². The molecule has 0 bridgehead atoms. The van der Waals surface area contributed by atoms with Crippen molar-refractivity contribution < 1.29 is 42.4 Å². The van der Waals surface area contributed by atoms with Gasteiger partial charge in [0.15, 0.2) is 0 Å². The van der Waals surface area contributed by atoms with Gasteiger partial charge in [0.25, 0.3) is 7.82 Å². The van der Waals surface area contributed by atoms with Gasteiger partial charge < -0.3 is 33.0 Å².